The third kappa shape index (κ3) is 3.82. The number of carbonyl (C=O) groups excluding carboxylic acids is 2. The summed E-state index contributed by atoms with van der Waals surface area (Å²) < 4.78 is 1.65. The average molecular weight is 287 g/mol. The lowest BCUT2D eigenvalue weighted by Crippen LogP contribution is -2.31. The van der Waals surface area contributed by atoms with Crippen molar-refractivity contribution in [3.8, 4) is 0 Å². The number of amides is 2. The highest BCUT2D eigenvalue weighted by molar-refractivity contribution is 5.97. The quantitative estimate of drug-likeness (QED) is 0.762. The largest absolute Gasteiger partial charge is 0.371 e. The summed E-state index contributed by atoms with van der Waals surface area (Å²) in [4.78, 5) is 23.0. The Morgan fingerprint density at radius 3 is 2.43 bits per heavy atom. The van der Waals surface area contributed by atoms with Gasteiger partial charge in [-0.15, -0.1) is 0 Å². The van der Waals surface area contributed by atoms with Crippen LogP contribution in [0.25, 0.3) is 0 Å². The lowest BCUT2D eigenvalue weighted by Gasteiger charge is -2.14. The molecule has 0 aliphatic rings. The van der Waals surface area contributed by atoms with Crippen molar-refractivity contribution in [1.29, 1.82) is 0 Å². The maximum Gasteiger partial charge on any atom is 0.248 e. The molecule has 1 aromatic heterocycles. The summed E-state index contributed by atoms with van der Waals surface area (Å²) in [6, 6.07) is 5.97. The number of rotatable bonds is 5. The number of nitrogens with zero attached hydrogens (tertiary/aromatic N) is 2. The molecule has 2 aromatic rings. The number of aryl methyl sites for hydroxylation is 1. The van der Waals surface area contributed by atoms with Gasteiger partial charge >= 0.3 is 0 Å². The summed E-state index contributed by atoms with van der Waals surface area (Å²) >= 11 is 0. The van der Waals surface area contributed by atoms with E-state index in [-0.39, 0.29) is 5.91 Å². The lowest BCUT2D eigenvalue weighted by atomic mass is 10.2. The van der Waals surface area contributed by atoms with Crippen molar-refractivity contribution >= 4 is 23.2 Å². The Morgan fingerprint density at radius 1 is 1.24 bits per heavy atom. The van der Waals surface area contributed by atoms with Gasteiger partial charge in [-0.25, -0.2) is 0 Å². The number of hydrogen-bond acceptors (Lipinski definition) is 4. The molecule has 0 unspecified atom stereocenters. The van der Waals surface area contributed by atoms with Gasteiger partial charge in [0.2, 0.25) is 11.8 Å². The molecule has 7 heteroatoms. The fraction of sp³-hybridized carbons (Fsp3) is 0.214. The molecule has 1 heterocycles. The van der Waals surface area contributed by atoms with Crippen LogP contribution in [0.15, 0.2) is 36.7 Å². The first kappa shape index (κ1) is 14.6. The molecule has 4 N–H and O–H groups in total. The summed E-state index contributed by atoms with van der Waals surface area (Å²) in [6.45, 7) is 1.75. The van der Waals surface area contributed by atoms with Crippen LogP contribution in [-0.4, -0.2) is 27.6 Å². The fourth-order valence-electron chi connectivity index (χ4n) is 1.78. The molecule has 7 nitrogen and oxygen atoms in total. The molecule has 0 saturated heterocycles. The zero-order chi connectivity index (χ0) is 15.4. The van der Waals surface area contributed by atoms with Crippen molar-refractivity contribution in [1.82, 2.24) is 9.78 Å². The van der Waals surface area contributed by atoms with Gasteiger partial charge in [-0.2, -0.15) is 5.10 Å². The van der Waals surface area contributed by atoms with Crippen LogP contribution in [0.5, 0.6) is 0 Å². The third-order valence-electron chi connectivity index (χ3n) is 2.92. The van der Waals surface area contributed by atoms with E-state index in [1.807, 2.05) is 0 Å². The molecule has 1 aromatic carbocycles. The van der Waals surface area contributed by atoms with Crippen molar-refractivity contribution in [3.05, 3.63) is 42.2 Å². The van der Waals surface area contributed by atoms with Gasteiger partial charge in [0.1, 0.15) is 6.04 Å². The zero-order valence-corrected chi connectivity index (χ0v) is 11.8. The van der Waals surface area contributed by atoms with Crippen molar-refractivity contribution < 1.29 is 9.59 Å². The van der Waals surface area contributed by atoms with Crippen LogP contribution >= 0.6 is 0 Å². The Hall–Kier alpha value is -2.83. The number of nitrogens with one attached hydrogen (secondary N) is 2. The van der Waals surface area contributed by atoms with Gasteiger partial charge in [-0.05, 0) is 31.2 Å². The van der Waals surface area contributed by atoms with Gasteiger partial charge in [0.15, 0.2) is 0 Å². The Morgan fingerprint density at radius 2 is 1.90 bits per heavy atom. The Bertz CT molecular complexity index is 648. The second-order valence-electron chi connectivity index (χ2n) is 4.70. The molecule has 2 amide bonds. The van der Waals surface area contributed by atoms with Crippen molar-refractivity contribution in [2.45, 2.75) is 13.0 Å². The second-order valence-corrected chi connectivity index (χ2v) is 4.70. The fourth-order valence-corrected chi connectivity index (χ4v) is 1.78. The van der Waals surface area contributed by atoms with E-state index in [0.29, 0.717) is 11.3 Å². The summed E-state index contributed by atoms with van der Waals surface area (Å²) in [5.74, 6) is -0.690. The summed E-state index contributed by atoms with van der Waals surface area (Å²) in [7, 11) is 1.80. The van der Waals surface area contributed by atoms with Gasteiger partial charge in [0.25, 0.3) is 0 Å². The van der Waals surface area contributed by atoms with Crippen molar-refractivity contribution in [2.24, 2.45) is 12.8 Å². The number of hydrogen-bond donors (Lipinski definition) is 3. The molecule has 0 spiro atoms. The molecule has 21 heavy (non-hydrogen) atoms. The van der Waals surface area contributed by atoms with Crippen LogP contribution in [0, 0.1) is 0 Å². The molecule has 0 aliphatic heterocycles. The maximum absolute atomic E-state index is 12.0. The highest BCUT2D eigenvalue weighted by atomic mass is 16.2. The first-order chi connectivity index (χ1) is 9.95. The first-order valence-corrected chi connectivity index (χ1v) is 6.41. The minimum absolute atomic E-state index is 0.189. The lowest BCUT2D eigenvalue weighted by molar-refractivity contribution is -0.116. The van der Waals surface area contributed by atoms with E-state index in [0.717, 1.165) is 5.69 Å². The number of benzene rings is 1. The molecule has 110 valence electrons. The monoisotopic (exact) mass is 287 g/mol. The predicted molar refractivity (Wildman–Crippen MR) is 79.9 cm³/mol. The Balaban J connectivity index is 1.95. The predicted octanol–water partition coefficient (Wildman–Crippen LogP) is 0.958. The smallest absolute Gasteiger partial charge is 0.248 e. The van der Waals surface area contributed by atoms with Gasteiger partial charge in [-0.1, -0.05) is 0 Å². The van der Waals surface area contributed by atoms with E-state index in [2.05, 4.69) is 15.7 Å². The summed E-state index contributed by atoms with van der Waals surface area (Å²) in [6.07, 6.45) is 3.43. The highest BCUT2D eigenvalue weighted by Gasteiger charge is 2.13. The van der Waals surface area contributed by atoms with Gasteiger partial charge in [-0.3, -0.25) is 14.3 Å². The number of nitrogens with two attached hydrogens (primary N) is 1. The molecule has 2 rings (SSSR count). The van der Waals surface area contributed by atoms with E-state index in [9.17, 15) is 9.59 Å². The van der Waals surface area contributed by atoms with E-state index < -0.39 is 11.9 Å². The summed E-state index contributed by atoms with van der Waals surface area (Å²) in [5, 5.41) is 9.81. The van der Waals surface area contributed by atoms with Crippen LogP contribution in [0.1, 0.15) is 17.3 Å². The van der Waals surface area contributed by atoms with Gasteiger partial charge in [0.05, 0.1) is 11.9 Å². The Kier molecular flexibility index (Phi) is 4.22. The maximum atomic E-state index is 12.0. The minimum atomic E-state index is -0.500. The standard InChI is InChI=1S/C14H17N5O2/c1-9(17-12-7-16-19(2)8-12)14(21)18-11-5-3-10(4-6-11)13(15)20/h3-9,17H,1-2H3,(H2,15,20)(H,18,21)/t9-/m0/s1. The zero-order valence-electron chi connectivity index (χ0n) is 11.8. The first-order valence-electron chi connectivity index (χ1n) is 6.41. The van der Waals surface area contributed by atoms with Crippen LogP contribution < -0.4 is 16.4 Å². The van der Waals surface area contributed by atoms with Gasteiger partial charge < -0.3 is 16.4 Å². The van der Waals surface area contributed by atoms with E-state index in [4.69, 9.17) is 5.73 Å². The Labute approximate surface area is 122 Å². The molecule has 0 bridgehead atoms. The van der Waals surface area contributed by atoms with Crippen LogP contribution in [0.2, 0.25) is 0 Å². The molecule has 1 atom stereocenters. The van der Waals surface area contributed by atoms with E-state index >= 15 is 0 Å². The van der Waals surface area contributed by atoms with Crippen LogP contribution in [0.4, 0.5) is 11.4 Å². The van der Waals surface area contributed by atoms with Crippen LogP contribution in [0.3, 0.4) is 0 Å². The summed E-state index contributed by atoms with van der Waals surface area (Å²) in [5.41, 5.74) is 6.92. The van der Waals surface area contributed by atoms with Gasteiger partial charge in [0, 0.05) is 24.5 Å². The van der Waals surface area contributed by atoms with Crippen LogP contribution in [-0.2, 0) is 11.8 Å². The molecule has 0 radical (unpaired) electrons. The number of primary amides is 1. The topological polar surface area (TPSA) is 102 Å². The number of aromatic nitrogens is 2. The molecular weight excluding hydrogens is 270 g/mol. The van der Waals surface area contributed by atoms with E-state index in [1.165, 1.54) is 0 Å². The molecule has 0 aliphatic carbocycles. The molecule has 0 saturated carbocycles. The normalized spacial score (nSPS) is 11.7. The second kappa shape index (κ2) is 6.08. The average Bonchev–Trinajstić information content (AvgIpc) is 2.84. The minimum Gasteiger partial charge on any atom is -0.371 e. The number of carbonyl (C=O) groups is 2. The third-order valence-corrected chi connectivity index (χ3v) is 2.92. The van der Waals surface area contributed by atoms with Crippen molar-refractivity contribution in [2.75, 3.05) is 10.6 Å². The van der Waals surface area contributed by atoms with E-state index in [1.54, 1.807) is 55.3 Å². The molecule has 0 fully saturated rings. The van der Waals surface area contributed by atoms with Crippen molar-refractivity contribution in [3.63, 3.8) is 0 Å². The molecular formula is C14H17N5O2. The number of anilines is 2. The highest BCUT2D eigenvalue weighted by Crippen LogP contribution is 2.11. The SMILES string of the molecule is C[C@H](Nc1cnn(C)c1)C(=O)Nc1ccc(C(N)=O)cc1.